The lowest BCUT2D eigenvalue weighted by Crippen LogP contribution is -2.55. The zero-order valence-electron chi connectivity index (χ0n) is 11.7. The molecule has 1 amide bonds. The minimum absolute atomic E-state index is 0.141. The molecule has 2 saturated carbocycles. The number of furan rings is 1. The molecule has 4 heteroatoms. The maximum atomic E-state index is 12.7. The number of fused-ring (bicyclic) bond motifs is 1. The highest BCUT2D eigenvalue weighted by Gasteiger charge is 2.50. The van der Waals surface area contributed by atoms with Crippen molar-refractivity contribution in [2.45, 2.75) is 50.2 Å². The van der Waals surface area contributed by atoms with Gasteiger partial charge in [-0.1, -0.05) is 12.8 Å². The van der Waals surface area contributed by atoms with Gasteiger partial charge >= 0.3 is 0 Å². The average molecular weight is 275 g/mol. The van der Waals surface area contributed by atoms with Crippen LogP contribution in [0.3, 0.4) is 0 Å². The van der Waals surface area contributed by atoms with Gasteiger partial charge in [0.15, 0.2) is 0 Å². The van der Waals surface area contributed by atoms with Crippen molar-refractivity contribution in [2.24, 2.45) is 5.92 Å². The van der Waals surface area contributed by atoms with E-state index in [1.54, 1.807) is 6.26 Å². The van der Waals surface area contributed by atoms with Crippen molar-refractivity contribution < 1.29 is 13.9 Å². The van der Waals surface area contributed by atoms with Crippen LogP contribution in [-0.2, 0) is 9.53 Å². The highest BCUT2D eigenvalue weighted by atomic mass is 16.5. The molecule has 2 heterocycles. The predicted octanol–water partition coefficient (Wildman–Crippen LogP) is 2.55. The molecule has 3 aliphatic rings. The third kappa shape index (κ3) is 2.06. The quantitative estimate of drug-likeness (QED) is 0.833. The molecule has 4 unspecified atom stereocenters. The Bertz CT molecular complexity index is 482. The molecule has 0 N–H and O–H groups in total. The van der Waals surface area contributed by atoms with Crippen molar-refractivity contribution in [3.05, 3.63) is 24.2 Å². The first-order chi connectivity index (χ1) is 9.84. The monoisotopic (exact) mass is 275 g/mol. The normalized spacial score (nSPS) is 36.5. The first kappa shape index (κ1) is 12.5. The maximum absolute atomic E-state index is 12.7. The molecule has 2 aliphatic carbocycles. The summed E-state index contributed by atoms with van der Waals surface area (Å²) in [5.41, 5.74) is 0. The Kier molecular flexibility index (Phi) is 3.06. The lowest BCUT2D eigenvalue weighted by Gasteiger charge is -2.44. The van der Waals surface area contributed by atoms with Crippen LogP contribution >= 0.6 is 0 Å². The highest BCUT2D eigenvalue weighted by molar-refractivity contribution is 5.83. The first-order valence-electron chi connectivity index (χ1n) is 7.80. The van der Waals surface area contributed by atoms with Crippen molar-refractivity contribution in [1.82, 2.24) is 4.90 Å². The Morgan fingerprint density at radius 1 is 1.30 bits per heavy atom. The van der Waals surface area contributed by atoms with Crippen LogP contribution in [0.5, 0.6) is 0 Å². The van der Waals surface area contributed by atoms with E-state index in [-0.39, 0.29) is 12.0 Å². The Labute approximate surface area is 119 Å². The number of ether oxygens (including phenoxy) is 1. The van der Waals surface area contributed by atoms with Crippen molar-refractivity contribution in [2.75, 3.05) is 13.2 Å². The van der Waals surface area contributed by atoms with E-state index in [2.05, 4.69) is 4.90 Å². The van der Waals surface area contributed by atoms with Gasteiger partial charge in [0.25, 0.3) is 0 Å². The molecule has 4 rings (SSSR count). The van der Waals surface area contributed by atoms with Gasteiger partial charge in [-0.05, 0) is 31.4 Å². The summed E-state index contributed by atoms with van der Waals surface area (Å²) in [6.07, 6.45) is 7.60. The molecule has 0 bridgehead atoms. The molecule has 108 valence electrons. The standard InChI is InChI=1S/C16H21NO3/c18-16(12-10-11(12)14-6-3-8-19-14)17-7-9-20-15-5-2-1-4-13(15)17/h3,6,8,11-13,15H,1-2,4-5,7,9-10H2. The molecule has 0 aromatic carbocycles. The Morgan fingerprint density at radius 2 is 2.20 bits per heavy atom. The van der Waals surface area contributed by atoms with E-state index in [1.807, 2.05) is 12.1 Å². The molecular formula is C16H21NO3. The van der Waals surface area contributed by atoms with Crippen LogP contribution in [0.15, 0.2) is 22.8 Å². The second kappa shape index (κ2) is 4.92. The summed E-state index contributed by atoms with van der Waals surface area (Å²) in [5.74, 6) is 1.74. The van der Waals surface area contributed by atoms with E-state index in [0.717, 1.165) is 31.6 Å². The van der Waals surface area contributed by atoms with Crippen LogP contribution in [-0.4, -0.2) is 36.1 Å². The molecule has 4 atom stereocenters. The van der Waals surface area contributed by atoms with E-state index in [0.29, 0.717) is 24.5 Å². The number of morpholine rings is 1. The zero-order valence-corrected chi connectivity index (χ0v) is 11.7. The van der Waals surface area contributed by atoms with Gasteiger partial charge in [-0.15, -0.1) is 0 Å². The number of carbonyl (C=O) groups excluding carboxylic acids is 1. The average Bonchev–Trinajstić information content (AvgIpc) is 3.11. The van der Waals surface area contributed by atoms with Gasteiger partial charge in [-0.2, -0.15) is 0 Å². The van der Waals surface area contributed by atoms with E-state index < -0.39 is 0 Å². The maximum Gasteiger partial charge on any atom is 0.226 e. The van der Waals surface area contributed by atoms with E-state index >= 15 is 0 Å². The van der Waals surface area contributed by atoms with Crippen molar-refractivity contribution in [3.8, 4) is 0 Å². The third-order valence-corrected chi connectivity index (χ3v) is 5.03. The summed E-state index contributed by atoms with van der Waals surface area (Å²) in [6.45, 7) is 1.46. The Morgan fingerprint density at radius 3 is 3.05 bits per heavy atom. The molecule has 0 radical (unpaired) electrons. The fourth-order valence-electron chi connectivity index (χ4n) is 3.87. The van der Waals surface area contributed by atoms with Gasteiger partial charge < -0.3 is 14.1 Å². The van der Waals surface area contributed by atoms with E-state index in [9.17, 15) is 4.79 Å². The third-order valence-electron chi connectivity index (χ3n) is 5.03. The van der Waals surface area contributed by atoms with Crippen molar-refractivity contribution in [3.63, 3.8) is 0 Å². The molecular weight excluding hydrogens is 254 g/mol. The molecule has 1 aliphatic heterocycles. The SMILES string of the molecule is O=C(C1CC1c1ccco1)N1CCOC2CCCCC21. The van der Waals surface area contributed by atoms with E-state index in [1.165, 1.54) is 12.8 Å². The smallest absolute Gasteiger partial charge is 0.226 e. The Balaban J connectivity index is 1.46. The Hall–Kier alpha value is -1.29. The van der Waals surface area contributed by atoms with Crippen LogP contribution < -0.4 is 0 Å². The minimum Gasteiger partial charge on any atom is -0.469 e. The summed E-state index contributed by atoms with van der Waals surface area (Å²) in [5, 5.41) is 0. The predicted molar refractivity (Wildman–Crippen MR) is 73.3 cm³/mol. The number of rotatable bonds is 2. The lowest BCUT2D eigenvalue weighted by atomic mass is 9.90. The second-order valence-corrected chi connectivity index (χ2v) is 6.26. The summed E-state index contributed by atoms with van der Waals surface area (Å²) < 4.78 is 11.3. The molecule has 1 aromatic rings. The summed E-state index contributed by atoms with van der Waals surface area (Å²) >= 11 is 0. The topological polar surface area (TPSA) is 42.7 Å². The zero-order chi connectivity index (χ0) is 13.5. The molecule has 0 spiro atoms. The fraction of sp³-hybridized carbons (Fsp3) is 0.688. The molecule has 1 aromatic heterocycles. The molecule has 20 heavy (non-hydrogen) atoms. The van der Waals surface area contributed by atoms with Crippen LogP contribution in [0.1, 0.15) is 43.8 Å². The van der Waals surface area contributed by atoms with Crippen molar-refractivity contribution in [1.29, 1.82) is 0 Å². The van der Waals surface area contributed by atoms with Crippen LogP contribution in [0, 0.1) is 5.92 Å². The van der Waals surface area contributed by atoms with Gasteiger partial charge in [0.1, 0.15) is 5.76 Å². The number of hydrogen-bond donors (Lipinski definition) is 0. The summed E-state index contributed by atoms with van der Waals surface area (Å²) in [4.78, 5) is 14.9. The lowest BCUT2D eigenvalue weighted by molar-refractivity contribution is -0.151. The van der Waals surface area contributed by atoms with Crippen LogP contribution in [0.25, 0.3) is 0 Å². The summed E-state index contributed by atoms with van der Waals surface area (Å²) in [7, 11) is 0. The molecule has 3 fully saturated rings. The van der Waals surface area contributed by atoms with Gasteiger partial charge in [0.05, 0.1) is 25.0 Å². The highest BCUT2D eigenvalue weighted by Crippen LogP contribution is 2.49. The molecule has 1 saturated heterocycles. The minimum atomic E-state index is 0.141. The second-order valence-electron chi connectivity index (χ2n) is 6.26. The van der Waals surface area contributed by atoms with Gasteiger partial charge in [-0.25, -0.2) is 0 Å². The number of amides is 1. The van der Waals surface area contributed by atoms with Crippen molar-refractivity contribution >= 4 is 5.91 Å². The van der Waals surface area contributed by atoms with Crippen LogP contribution in [0.4, 0.5) is 0 Å². The van der Waals surface area contributed by atoms with Gasteiger partial charge in [0, 0.05) is 18.4 Å². The largest absolute Gasteiger partial charge is 0.469 e. The summed E-state index contributed by atoms with van der Waals surface area (Å²) in [6, 6.07) is 4.21. The van der Waals surface area contributed by atoms with Gasteiger partial charge in [0.2, 0.25) is 5.91 Å². The fourth-order valence-corrected chi connectivity index (χ4v) is 3.87. The molecule has 4 nitrogen and oxygen atoms in total. The number of nitrogens with zero attached hydrogens (tertiary/aromatic N) is 1. The van der Waals surface area contributed by atoms with E-state index in [4.69, 9.17) is 9.15 Å². The number of carbonyl (C=O) groups is 1. The van der Waals surface area contributed by atoms with Crippen LogP contribution in [0.2, 0.25) is 0 Å². The van der Waals surface area contributed by atoms with Gasteiger partial charge in [-0.3, -0.25) is 4.79 Å². The first-order valence-corrected chi connectivity index (χ1v) is 7.80. The number of hydrogen-bond acceptors (Lipinski definition) is 3.